The smallest absolute Gasteiger partial charge is 0.249 e. The van der Waals surface area contributed by atoms with Crippen molar-refractivity contribution >= 4 is 16.8 Å². The van der Waals surface area contributed by atoms with Crippen molar-refractivity contribution < 1.29 is 9.21 Å². The minimum absolute atomic E-state index is 0.0406. The molecule has 3 heterocycles. The van der Waals surface area contributed by atoms with Crippen LogP contribution in [0.15, 0.2) is 59.1 Å². The number of aromatic nitrogens is 3. The number of aryl methyl sites for hydroxylation is 1. The number of likely N-dealkylation sites (tertiary alicyclic amines) is 1. The molecule has 0 bridgehead atoms. The first-order valence-corrected chi connectivity index (χ1v) is 12.0. The van der Waals surface area contributed by atoms with Crippen LogP contribution in [0.2, 0.25) is 0 Å². The summed E-state index contributed by atoms with van der Waals surface area (Å²) in [6, 6.07) is 16.1. The Labute approximate surface area is 199 Å². The van der Waals surface area contributed by atoms with Gasteiger partial charge in [-0.05, 0) is 56.0 Å². The number of nitrogens with zero attached hydrogens (tertiary/aromatic N) is 4. The quantitative estimate of drug-likeness (QED) is 0.441. The van der Waals surface area contributed by atoms with Gasteiger partial charge in [0.2, 0.25) is 17.7 Å². The highest BCUT2D eigenvalue weighted by Crippen LogP contribution is 2.30. The predicted octanol–water partition coefficient (Wildman–Crippen LogP) is 4.55. The molecule has 1 aliphatic heterocycles. The maximum Gasteiger partial charge on any atom is 0.249 e. The minimum Gasteiger partial charge on any atom is -0.419 e. The first kappa shape index (κ1) is 22.3. The van der Waals surface area contributed by atoms with Gasteiger partial charge in [0.05, 0.1) is 12.1 Å². The van der Waals surface area contributed by atoms with E-state index in [0.717, 1.165) is 41.0 Å². The normalized spacial score (nSPS) is 15.1. The molecule has 0 unspecified atom stereocenters. The SMILES string of the molecule is Cc1ccccc1CNC(=O)Cn1cc(-c2nnc(CN3CCC(C)CC3)o2)c2ccccc21. The lowest BCUT2D eigenvalue weighted by atomic mass is 9.99. The van der Waals surface area contributed by atoms with Crippen molar-refractivity contribution in [2.75, 3.05) is 13.1 Å². The Balaban J connectivity index is 1.31. The maximum atomic E-state index is 12.7. The molecule has 2 aromatic carbocycles. The third kappa shape index (κ3) is 4.89. The summed E-state index contributed by atoms with van der Waals surface area (Å²) in [6.45, 7) is 7.91. The molecule has 176 valence electrons. The van der Waals surface area contributed by atoms with Gasteiger partial charge in [-0.3, -0.25) is 9.69 Å². The van der Waals surface area contributed by atoms with Crippen molar-refractivity contribution in [2.45, 2.75) is 46.3 Å². The van der Waals surface area contributed by atoms with Crippen LogP contribution in [0.5, 0.6) is 0 Å². The number of rotatable bonds is 7. The van der Waals surface area contributed by atoms with E-state index in [2.05, 4.69) is 40.3 Å². The number of amides is 1. The van der Waals surface area contributed by atoms with Gasteiger partial charge in [-0.1, -0.05) is 49.4 Å². The average molecular weight is 458 g/mol. The lowest BCUT2D eigenvalue weighted by molar-refractivity contribution is -0.121. The largest absolute Gasteiger partial charge is 0.419 e. The third-order valence-corrected chi connectivity index (χ3v) is 6.77. The number of fused-ring (bicyclic) bond motifs is 1. The van der Waals surface area contributed by atoms with Crippen LogP contribution in [0.4, 0.5) is 0 Å². The first-order chi connectivity index (χ1) is 16.6. The number of hydrogen-bond acceptors (Lipinski definition) is 5. The fourth-order valence-corrected chi connectivity index (χ4v) is 4.60. The van der Waals surface area contributed by atoms with E-state index < -0.39 is 0 Å². The molecular formula is C27H31N5O2. The van der Waals surface area contributed by atoms with Gasteiger partial charge >= 0.3 is 0 Å². The Kier molecular flexibility index (Phi) is 6.45. The van der Waals surface area contributed by atoms with Gasteiger partial charge in [0, 0.05) is 23.6 Å². The van der Waals surface area contributed by atoms with E-state index in [1.807, 2.05) is 53.2 Å². The molecule has 5 rings (SSSR count). The molecule has 1 amide bonds. The monoisotopic (exact) mass is 457 g/mol. The van der Waals surface area contributed by atoms with E-state index in [4.69, 9.17) is 4.42 Å². The number of carbonyl (C=O) groups is 1. The second-order valence-corrected chi connectivity index (χ2v) is 9.35. The van der Waals surface area contributed by atoms with Gasteiger partial charge in [0.15, 0.2) is 0 Å². The van der Waals surface area contributed by atoms with Gasteiger partial charge in [-0.15, -0.1) is 10.2 Å². The van der Waals surface area contributed by atoms with Gasteiger partial charge in [-0.25, -0.2) is 0 Å². The molecule has 7 nitrogen and oxygen atoms in total. The zero-order chi connectivity index (χ0) is 23.5. The van der Waals surface area contributed by atoms with Crippen LogP contribution in [0.1, 0.15) is 36.8 Å². The Bertz CT molecular complexity index is 1280. The fourth-order valence-electron chi connectivity index (χ4n) is 4.60. The van der Waals surface area contributed by atoms with Crippen molar-refractivity contribution in [2.24, 2.45) is 5.92 Å². The summed E-state index contributed by atoms with van der Waals surface area (Å²) in [5.74, 6) is 1.88. The van der Waals surface area contributed by atoms with Crippen molar-refractivity contribution in [3.63, 3.8) is 0 Å². The molecule has 0 radical (unpaired) electrons. The number of hydrogen-bond donors (Lipinski definition) is 1. The van der Waals surface area contributed by atoms with Crippen LogP contribution < -0.4 is 5.32 Å². The topological polar surface area (TPSA) is 76.2 Å². The summed E-state index contributed by atoms with van der Waals surface area (Å²) in [6.07, 6.45) is 4.36. The van der Waals surface area contributed by atoms with Crippen LogP contribution in [0, 0.1) is 12.8 Å². The average Bonchev–Trinajstić information content (AvgIpc) is 3.45. The van der Waals surface area contributed by atoms with Crippen LogP contribution in [0.25, 0.3) is 22.4 Å². The molecule has 7 heteroatoms. The molecule has 0 saturated carbocycles. The summed E-state index contributed by atoms with van der Waals surface area (Å²) < 4.78 is 8.02. The van der Waals surface area contributed by atoms with Gasteiger partial charge in [-0.2, -0.15) is 0 Å². The maximum absolute atomic E-state index is 12.7. The molecule has 34 heavy (non-hydrogen) atoms. The van der Waals surface area contributed by atoms with E-state index >= 15 is 0 Å². The molecule has 0 aliphatic carbocycles. The van der Waals surface area contributed by atoms with Crippen molar-refractivity contribution in [1.29, 1.82) is 0 Å². The Morgan fingerprint density at radius 3 is 2.68 bits per heavy atom. The van der Waals surface area contributed by atoms with Crippen LogP contribution >= 0.6 is 0 Å². The lowest BCUT2D eigenvalue weighted by Crippen LogP contribution is -2.32. The molecule has 1 N–H and O–H groups in total. The fraction of sp³-hybridized carbons (Fsp3) is 0.370. The summed E-state index contributed by atoms with van der Waals surface area (Å²) in [5.41, 5.74) is 4.11. The lowest BCUT2D eigenvalue weighted by Gasteiger charge is -2.28. The zero-order valence-electron chi connectivity index (χ0n) is 19.8. The van der Waals surface area contributed by atoms with E-state index in [9.17, 15) is 4.79 Å². The Morgan fingerprint density at radius 2 is 1.85 bits per heavy atom. The minimum atomic E-state index is -0.0406. The standard InChI is InChI=1S/C27H31N5O2/c1-19-11-13-31(14-12-19)18-26-29-30-27(34-26)23-16-32(24-10-6-5-9-22(23)24)17-25(33)28-15-21-8-4-3-7-20(21)2/h3-10,16,19H,11-15,17-18H2,1-2H3,(H,28,33). The summed E-state index contributed by atoms with van der Waals surface area (Å²) in [5, 5.41) is 12.7. The van der Waals surface area contributed by atoms with E-state index in [1.165, 1.54) is 18.4 Å². The first-order valence-electron chi connectivity index (χ1n) is 12.0. The molecule has 1 fully saturated rings. The second kappa shape index (κ2) is 9.81. The zero-order valence-corrected chi connectivity index (χ0v) is 19.8. The van der Waals surface area contributed by atoms with Crippen LogP contribution in [0.3, 0.4) is 0 Å². The molecule has 1 saturated heterocycles. The van der Waals surface area contributed by atoms with Crippen molar-refractivity contribution in [3.05, 3.63) is 71.7 Å². The number of nitrogens with one attached hydrogen (secondary N) is 1. The molecule has 0 spiro atoms. The van der Waals surface area contributed by atoms with Gasteiger partial charge in [0.25, 0.3) is 0 Å². The van der Waals surface area contributed by atoms with E-state index in [0.29, 0.717) is 24.9 Å². The summed E-state index contributed by atoms with van der Waals surface area (Å²) in [7, 11) is 0. The second-order valence-electron chi connectivity index (χ2n) is 9.35. The Hall–Kier alpha value is -3.45. The third-order valence-electron chi connectivity index (χ3n) is 6.77. The van der Waals surface area contributed by atoms with Crippen LogP contribution in [-0.4, -0.2) is 38.7 Å². The summed E-state index contributed by atoms with van der Waals surface area (Å²) >= 11 is 0. The molecule has 1 aliphatic rings. The predicted molar refractivity (Wildman–Crippen MR) is 132 cm³/mol. The summed E-state index contributed by atoms with van der Waals surface area (Å²) in [4.78, 5) is 15.1. The highest BCUT2D eigenvalue weighted by atomic mass is 16.4. The number of carbonyl (C=O) groups excluding carboxylic acids is 1. The van der Waals surface area contributed by atoms with E-state index in [1.54, 1.807) is 0 Å². The molecular weight excluding hydrogens is 426 g/mol. The highest BCUT2D eigenvalue weighted by Gasteiger charge is 2.20. The Morgan fingerprint density at radius 1 is 1.09 bits per heavy atom. The van der Waals surface area contributed by atoms with Crippen molar-refractivity contribution in [1.82, 2.24) is 25.0 Å². The van der Waals surface area contributed by atoms with Crippen molar-refractivity contribution in [3.8, 4) is 11.5 Å². The number of piperidine rings is 1. The molecule has 0 atom stereocenters. The van der Waals surface area contributed by atoms with E-state index in [-0.39, 0.29) is 12.5 Å². The van der Waals surface area contributed by atoms with Gasteiger partial charge in [0.1, 0.15) is 6.54 Å². The van der Waals surface area contributed by atoms with Gasteiger partial charge < -0.3 is 14.3 Å². The highest BCUT2D eigenvalue weighted by molar-refractivity contribution is 5.94. The molecule has 4 aromatic rings. The number of para-hydroxylation sites is 1. The molecule has 2 aromatic heterocycles. The number of benzene rings is 2. The van der Waals surface area contributed by atoms with Crippen LogP contribution in [-0.2, 0) is 24.4 Å².